The van der Waals surface area contributed by atoms with Gasteiger partial charge in [0.2, 0.25) is 0 Å². The molecule has 0 spiro atoms. The number of urea groups is 1. The van der Waals surface area contributed by atoms with Gasteiger partial charge in [-0.15, -0.1) is 0 Å². The summed E-state index contributed by atoms with van der Waals surface area (Å²) < 4.78 is 10.4. The number of pyridine rings is 1. The Morgan fingerprint density at radius 3 is 2.42 bits per heavy atom. The number of aromatic nitrogens is 2. The largest absolute Gasteiger partial charge is 0.452 e. The number of amides is 3. The van der Waals surface area contributed by atoms with E-state index < -0.39 is 30.1 Å². The molecule has 0 aliphatic carbocycles. The van der Waals surface area contributed by atoms with Crippen molar-refractivity contribution in [1.29, 1.82) is 0 Å². The van der Waals surface area contributed by atoms with E-state index in [-0.39, 0.29) is 11.3 Å². The van der Waals surface area contributed by atoms with E-state index >= 15 is 0 Å². The second kappa shape index (κ2) is 8.55. The molecule has 0 saturated heterocycles. The van der Waals surface area contributed by atoms with Gasteiger partial charge in [-0.25, -0.2) is 14.6 Å². The Bertz CT molecular complexity index is 1140. The summed E-state index contributed by atoms with van der Waals surface area (Å²) in [5, 5.41) is 8.99. The van der Waals surface area contributed by atoms with Gasteiger partial charge in [0.1, 0.15) is 0 Å². The van der Waals surface area contributed by atoms with Crippen LogP contribution < -0.4 is 10.6 Å². The monoisotopic (exact) mass is 424 g/mol. The Hall–Kier alpha value is -3.75. The summed E-state index contributed by atoms with van der Waals surface area (Å²) in [6, 6.07) is 8.52. The summed E-state index contributed by atoms with van der Waals surface area (Å²) >= 11 is 0. The third-order valence-corrected chi connectivity index (χ3v) is 4.26. The third-order valence-electron chi connectivity index (χ3n) is 4.26. The lowest BCUT2D eigenvalue weighted by atomic mass is 10.0. The molecule has 31 heavy (non-hydrogen) atoms. The summed E-state index contributed by atoms with van der Waals surface area (Å²) in [6.07, 6.45) is 0. The molecule has 3 rings (SSSR count). The maximum absolute atomic E-state index is 12.8. The van der Waals surface area contributed by atoms with Crippen LogP contribution in [0.2, 0.25) is 0 Å². The number of hydrogen-bond acceptors (Lipinski definition) is 7. The van der Waals surface area contributed by atoms with Crippen molar-refractivity contribution in [2.75, 3.05) is 6.61 Å². The molecular weight excluding hydrogens is 400 g/mol. The Morgan fingerprint density at radius 2 is 1.77 bits per heavy atom. The Balaban J connectivity index is 1.80. The molecule has 9 heteroatoms. The SMILES string of the molecule is Cc1ccc(-c2cc(C(=O)OCC(=O)NC(=O)NC(C)(C)C)c3c(C)noc3n2)cc1. The molecule has 0 fully saturated rings. The number of benzene rings is 1. The highest BCUT2D eigenvalue weighted by atomic mass is 16.5. The molecule has 3 aromatic rings. The number of carbonyl (C=O) groups is 3. The average molecular weight is 424 g/mol. The van der Waals surface area contributed by atoms with Crippen molar-refractivity contribution >= 4 is 29.0 Å². The second-order valence-electron chi connectivity index (χ2n) is 8.20. The van der Waals surface area contributed by atoms with Crippen LogP contribution >= 0.6 is 0 Å². The Morgan fingerprint density at radius 1 is 1.10 bits per heavy atom. The molecule has 2 aromatic heterocycles. The third kappa shape index (κ3) is 5.44. The highest BCUT2D eigenvalue weighted by Gasteiger charge is 2.22. The molecule has 3 amide bonds. The van der Waals surface area contributed by atoms with Crippen LogP contribution in [-0.2, 0) is 9.53 Å². The fourth-order valence-corrected chi connectivity index (χ4v) is 2.87. The maximum atomic E-state index is 12.8. The topological polar surface area (TPSA) is 123 Å². The quantitative estimate of drug-likeness (QED) is 0.616. The molecule has 0 aliphatic rings. The highest BCUT2D eigenvalue weighted by molar-refractivity contribution is 6.05. The van der Waals surface area contributed by atoms with Crippen LogP contribution in [0.15, 0.2) is 34.9 Å². The van der Waals surface area contributed by atoms with Gasteiger partial charge in [-0.2, -0.15) is 0 Å². The molecule has 0 bridgehead atoms. The number of ether oxygens (including phenoxy) is 1. The standard InChI is InChI=1S/C22H24N4O5/c1-12-6-8-14(9-7-12)16-10-15(18-13(2)26-31-19(18)23-16)20(28)30-11-17(27)24-21(29)25-22(3,4)5/h6-10H,11H2,1-5H3,(H2,24,25,27,29). The van der Waals surface area contributed by atoms with Crippen molar-refractivity contribution in [3.05, 3.63) is 47.2 Å². The van der Waals surface area contributed by atoms with E-state index in [0.29, 0.717) is 16.8 Å². The van der Waals surface area contributed by atoms with Crippen LogP contribution in [0.25, 0.3) is 22.4 Å². The lowest BCUT2D eigenvalue weighted by molar-refractivity contribution is -0.123. The van der Waals surface area contributed by atoms with E-state index in [9.17, 15) is 14.4 Å². The van der Waals surface area contributed by atoms with Crippen LogP contribution in [0, 0.1) is 13.8 Å². The van der Waals surface area contributed by atoms with Gasteiger partial charge < -0.3 is 14.6 Å². The van der Waals surface area contributed by atoms with Gasteiger partial charge in [-0.3, -0.25) is 10.1 Å². The molecule has 0 aliphatic heterocycles. The molecule has 9 nitrogen and oxygen atoms in total. The summed E-state index contributed by atoms with van der Waals surface area (Å²) in [7, 11) is 0. The van der Waals surface area contributed by atoms with E-state index in [1.54, 1.807) is 33.8 Å². The van der Waals surface area contributed by atoms with Gasteiger partial charge in [0, 0.05) is 11.1 Å². The lowest BCUT2D eigenvalue weighted by Gasteiger charge is -2.20. The number of imide groups is 1. The number of fused-ring (bicyclic) bond motifs is 1. The smallest absolute Gasteiger partial charge is 0.339 e. The average Bonchev–Trinajstić information content (AvgIpc) is 3.05. The number of carbonyl (C=O) groups excluding carboxylic acids is 3. The molecule has 0 radical (unpaired) electrons. The minimum Gasteiger partial charge on any atom is -0.452 e. The van der Waals surface area contributed by atoms with Crippen molar-refractivity contribution in [1.82, 2.24) is 20.8 Å². The minimum absolute atomic E-state index is 0.172. The molecular formula is C22H24N4O5. The van der Waals surface area contributed by atoms with Gasteiger partial charge in [0.15, 0.2) is 6.61 Å². The molecule has 2 N–H and O–H groups in total. The van der Waals surface area contributed by atoms with Gasteiger partial charge >= 0.3 is 12.0 Å². The first-order valence-corrected chi connectivity index (χ1v) is 9.66. The molecule has 2 heterocycles. The zero-order valence-electron chi connectivity index (χ0n) is 18.0. The van der Waals surface area contributed by atoms with Crippen LogP contribution in [0.3, 0.4) is 0 Å². The molecule has 0 unspecified atom stereocenters. The van der Waals surface area contributed by atoms with E-state index in [2.05, 4.69) is 20.8 Å². The van der Waals surface area contributed by atoms with E-state index in [1.165, 1.54) is 0 Å². The predicted molar refractivity (Wildman–Crippen MR) is 113 cm³/mol. The van der Waals surface area contributed by atoms with Crippen molar-refractivity contribution < 1.29 is 23.6 Å². The van der Waals surface area contributed by atoms with Crippen LogP contribution in [0.1, 0.15) is 42.4 Å². The van der Waals surface area contributed by atoms with Gasteiger partial charge in [0.25, 0.3) is 11.6 Å². The highest BCUT2D eigenvalue weighted by Crippen LogP contribution is 2.27. The second-order valence-corrected chi connectivity index (χ2v) is 8.20. The normalized spacial score (nSPS) is 11.3. The number of esters is 1. The Kier molecular flexibility index (Phi) is 6.05. The summed E-state index contributed by atoms with van der Waals surface area (Å²) in [6.45, 7) is 8.36. The molecule has 162 valence electrons. The van der Waals surface area contributed by atoms with Crippen molar-refractivity contribution in [2.45, 2.75) is 40.2 Å². The van der Waals surface area contributed by atoms with Crippen LogP contribution in [0.5, 0.6) is 0 Å². The zero-order chi connectivity index (χ0) is 22.8. The Labute approximate surface area is 179 Å². The molecule has 0 saturated carbocycles. The van der Waals surface area contributed by atoms with E-state index in [4.69, 9.17) is 9.26 Å². The summed E-state index contributed by atoms with van der Waals surface area (Å²) in [4.78, 5) is 41.0. The number of nitrogens with one attached hydrogen (secondary N) is 2. The number of nitrogens with zero attached hydrogens (tertiary/aromatic N) is 2. The van der Waals surface area contributed by atoms with Crippen molar-refractivity contribution in [2.24, 2.45) is 0 Å². The van der Waals surface area contributed by atoms with Gasteiger partial charge in [-0.1, -0.05) is 35.0 Å². The fraction of sp³-hybridized carbons (Fsp3) is 0.318. The maximum Gasteiger partial charge on any atom is 0.339 e. The number of rotatable bonds is 4. The number of hydrogen-bond donors (Lipinski definition) is 2. The van der Waals surface area contributed by atoms with Crippen LogP contribution in [0.4, 0.5) is 4.79 Å². The van der Waals surface area contributed by atoms with E-state index in [0.717, 1.165) is 11.1 Å². The van der Waals surface area contributed by atoms with Gasteiger partial charge in [0.05, 0.1) is 22.3 Å². The minimum atomic E-state index is -0.751. The first-order valence-electron chi connectivity index (χ1n) is 9.66. The van der Waals surface area contributed by atoms with Gasteiger partial charge in [-0.05, 0) is 40.7 Å². The van der Waals surface area contributed by atoms with Crippen molar-refractivity contribution in [3.63, 3.8) is 0 Å². The van der Waals surface area contributed by atoms with E-state index in [1.807, 2.05) is 31.2 Å². The zero-order valence-corrected chi connectivity index (χ0v) is 18.0. The number of aryl methyl sites for hydroxylation is 2. The fourth-order valence-electron chi connectivity index (χ4n) is 2.87. The predicted octanol–water partition coefficient (Wildman–Crippen LogP) is 3.29. The summed E-state index contributed by atoms with van der Waals surface area (Å²) in [5.41, 5.74) is 2.70. The first kappa shape index (κ1) is 21.9. The molecule has 0 atom stereocenters. The first-order chi connectivity index (χ1) is 14.5. The van der Waals surface area contributed by atoms with Crippen molar-refractivity contribution in [3.8, 4) is 11.3 Å². The summed E-state index contributed by atoms with van der Waals surface area (Å²) in [5.74, 6) is -1.50. The lowest BCUT2D eigenvalue weighted by Crippen LogP contribution is -2.49. The van der Waals surface area contributed by atoms with Crippen LogP contribution in [-0.4, -0.2) is 40.2 Å². The molecule has 1 aromatic carbocycles.